The number of rotatable bonds is 7. The van der Waals surface area contributed by atoms with Gasteiger partial charge in [0.25, 0.3) is 0 Å². The van der Waals surface area contributed by atoms with E-state index in [1.807, 2.05) is 78.9 Å². The van der Waals surface area contributed by atoms with Gasteiger partial charge in [0.1, 0.15) is 23.1 Å². The van der Waals surface area contributed by atoms with Crippen molar-refractivity contribution in [3.8, 4) is 23.0 Å². The van der Waals surface area contributed by atoms with Crippen molar-refractivity contribution in [3.05, 3.63) is 84.6 Å². The van der Waals surface area contributed by atoms with Crippen LogP contribution in [0.4, 0.5) is 11.8 Å². The molecule has 1 aliphatic rings. The third-order valence-corrected chi connectivity index (χ3v) is 6.38. The lowest BCUT2D eigenvalue weighted by atomic mass is 9.99. The van der Waals surface area contributed by atoms with E-state index in [1.165, 1.54) is 0 Å². The number of ether oxygens (including phenoxy) is 1. The molecular formula is C28H29N5O2S. The predicted molar refractivity (Wildman–Crippen MR) is 146 cm³/mol. The van der Waals surface area contributed by atoms with Gasteiger partial charge in [-0.2, -0.15) is 9.97 Å². The monoisotopic (exact) mass is 499 g/mol. The molecule has 4 aromatic rings. The van der Waals surface area contributed by atoms with E-state index in [9.17, 15) is 0 Å². The molecule has 36 heavy (non-hydrogen) atoms. The highest BCUT2D eigenvalue weighted by Gasteiger charge is 2.19. The van der Waals surface area contributed by atoms with Gasteiger partial charge in [0, 0.05) is 24.7 Å². The van der Waals surface area contributed by atoms with Crippen molar-refractivity contribution in [2.75, 3.05) is 23.3 Å². The summed E-state index contributed by atoms with van der Waals surface area (Å²) in [4.78, 5) is 11.6. The minimum Gasteiger partial charge on any atom is -0.459 e. The van der Waals surface area contributed by atoms with Crippen LogP contribution in [-0.4, -0.2) is 28.2 Å². The average molecular weight is 500 g/mol. The van der Waals surface area contributed by atoms with E-state index in [1.54, 1.807) is 0 Å². The maximum absolute atomic E-state index is 6.03. The molecule has 3 heterocycles. The van der Waals surface area contributed by atoms with Crippen molar-refractivity contribution < 1.29 is 9.15 Å². The third-order valence-electron chi connectivity index (χ3n) is 6.13. The van der Waals surface area contributed by atoms with Crippen LogP contribution in [0.3, 0.4) is 0 Å². The second kappa shape index (κ2) is 11.2. The minimum absolute atomic E-state index is 0.388. The summed E-state index contributed by atoms with van der Waals surface area (Å²) >= 11 is 5.53. The fraction of sp³-hybridized carbons (Fsp3) is 0.250. The lowest BCUT2D eigenvalue weighted by molar-refractivity contribution is 0.434. The van der Waals surface area contributed by atoms with Crippen molar-refractivity contribution in [1.29, 1.82) is 0 Å². The van der Waals surface area contributed by atoms with Crippen LogP contribution >= 0.6 is 12.2 Å². The largest absolute Gasteiger partial charge is 0.459 e. The highest BCUT2D eigenvalue weighted by atomic mass is 32.1. The van der Waals surface area contributed by atoms with Gasteiger partial charge in [-0.3, -0.25) is 0 Å². The van der Waals surface area contributed by atoms with Gasteiger partial charge in [0.15, 0.2) is 5.11 Å². The van der Waals surface area contributed by atoms with Gasteiger partial charge in [0.05, 0.1) is 6.54 Å². The van der Waals surface area contributed by atoms with Gasteiger partial charge < -0.3 is 24.7 Å². The Labute approximate surface area is 216 Å². The number of nitrogens with zero attached hydrogens (tertiary/aromatic N) is 3. The van der Waals surface area contributed by atoms with Crippen LogP contribution in [0.15, 0.2) is 83.3 Å². The first-order valence-electron chi connectivity index (χ1n) is 12.2. The summed E-state index contributed by atoms with van der Waals surface area (Å²) in [5, 5.41) is 6.70. The molecule has 184 valence electrons. The number of nitrogens with one attached hydrogen (secondary N) is 2. The number of para-hydroxylation sites is 1. The van der Waals surface area contributed by atoms with Gasteiger partial charge in [-0.25, -0.2) is 0 Å². The molecule has 2 aromatic carbocycles. The minimum atomic E-state index is 0.388. The number of benzene rings is 2. The maximum atomic E-state index is 6.03. The second-order valence-electron chi connectivity index (χ2n) is 8.91. The molecule has 1 saturated heterocycles. The highest BCUT2D eigenvalue weighted by molar-refractivity contribution is 7.80. The molecule has 0 radical (unpaired) electrons. The zero-order chi connectivity index (χ0) is 24.7. The molecule has 0 atom stereocenters. The highest BCUT2D eigenvalue weighted by Crippen LogP contribution is 2.28. The molecule has 5 rings (SSSR count). The van der Waals surface area contributed by atoms with Crippen LogP contribution in [0.1, 0.15) is 25.5 Å². The number of hydrogen-bond acceptors (Lipinski definition) is 6. The molecule has 1 fully saturated rings. The fourth-order valence-corrected chi connectivity index (χ4v) is 4.24. The van der Waals surface area contributed by atoms with Crippen molar-refractivity contribution in [3.63, 3.8) is 0 Å². The Kier molecular flexibility index (Phi) is 7.42. The maximum Gasteiger partial charge on any atom is 0.234 e. The van der Waals surface area contributed by atoms with Crippen LogP contribution in [-0.2, 0) is 6.54 Å². The topological polar surface area (TPSA) is 75.5 Å². The first-order valence-corrected chi connectivity index (χ1v) is 12.6. The summed E-state index contributed by atoms with van der Waals surface area (Å²) in [5.41, 5.74) is 1.03. The number of anilines is 2. The van der Waals surface area contributed by atoms with Crippen LogP contribution in [0.2, 0.25) is 0 Å². The SMILES string of the molecule is CC1CCN(c2cc(Oc3ccccc3)nc(NC(=S)NCc3ccc(-c4ccccc4)o3)n2)CC1. The number of furan rings is 1. The number of piperidine rings is 1. The first kappa shape index (κ1) is 23.8. The summed E-state index contributed by atoms with van der Waals surface area (Å²) in [7, 11) is 0. The predicted octanol–water partition coefficient (Wildman–Crippen LogP) is 6.25. The molecule has 2 N–H and O–H groups in total. The summed E-state index contributed by atoms with van der Waals surface area (Å²) in [6.07, 6.45) is 2.27. The Bertz CT molecular complexity index is 1290. The van der Waals surface area contributed by atoms with Crippen molar-refractivity contribution in [2.24, 2.45) is 5.92 Å². The molecule has 1 aliphatic heterocycles. The number of aromatic nitrogens is 2. The number of hydrogen-bond donors (Lipinski definition) is 2. The zero-order valence-electron chi connectivity index (χ0n) is 20.2. The van der Waals surface area contributed by atoms with E-state index in [-0.39, 0.29) is 0 Å². The summed E-state index contributed by atoms with van der Waals surface area (Å²) in [6.45, 7) is 4.64. The molecular weight excluding hydrogens is 470 g/mol. The summed E-state index contributed by atoms with van der Waals surface area (Å²) in [6, 6.07) is 25.4. The lowest BCUT2D eigenvalue weighted by Gasteiger charge is -2.31. The molecule has 0 unspecified atom stereocenters. The van der Waals surface area contributed by atoms with E-state index in [0.29, 0.717) is 29.2 Å². The molecule has 2 aromatic heterocycles. The molecule has 8 heteroatoms. The van der Waals surface area contributed by atoms with E-state index in [0.717, 1.165) is 54.8 Å². The van der Waals surface area contributed by atoms with Crippen LogP contribution in [0.5, 0.6) is 11.6 Å². The van der Waals surface area contributed by atoms with Gasteiger partial charge >= 0.3 is 0 Å². The average Bonchev–Trinajstić information content (AvgIpc) is 3.38. The van der Waals surface area contributed by atoms with Crippen LogP contribution in [0, 0.1) is 5.92 Å². The quantitative estimate of drug-likeness (QED) is 0.289. The molecule has 0 amide bonds. The normalized spacial score (nSPS) is 13.9. The fourth-order valence-electron chi connectivity index (χ4n) is 4.07. The van der Waals surface area contributed by atoms with Crippen molar-refractivity contribution in [2.45, 2.75) is 26.3 Å². The van der Waals surface area contributed by atoms with E-state index in [4.69, 9.17) is 26.4 Å². The Morgan fingerprint density at radius 3 is 2.47 bits per heavy atom. The Morgan fingerprint density at radius 2 is 1.72 bits per heavy atom. The smallest absolute Gasteiger partial charge is 0.234 e. The van der Waals surface area contributed by atoms with E-state index in [2.05, 4.69) is 27.4 Å². The van der Waals surface area contributed by atoms with Crippen LogP contribution in [0.25, 0.3) is 11.3 Å². The molecule has 0 spiro atoms. The Morgan fingerprint density at radius 1 is 1.00 bits per heavy atom. The van der Waals surface area contributed by atoms with Gasteiger partial charge in [0.2, 0.25) is 11.8 Å². The van der Waals surface area contributed by atoms with Gasteiger partial charge in [-0.15, -0.1) is 0 Å². The first-order chi connectivity index (χ1) is 17.6. The molecule has 0 bridgehead atoms. The zero-order valence-corrected chi connectivity index (χ0v) is 21.0. The Hall–Kier alpha value is -3.91. The van der Waals surface area contributed by atoms with Crippen LogP contribution < -0.4 is 20.3 Å². The Balaban J connectivity index is 1.27. The summed E-state index contributed by atoms with van der Waals surface area (Å²) < 4.78 is 12.0. The lowest BCUT2D eigenvalue weighted by Crippen LogP contribution is -2.34. The molecule has 7 nitrogen and oxygen atoms in total. The van der Waals surface area contributed by atoms with E-state index < -0.39 is 0 Å². The van der Waals surface area contributed by atoms with Gasteiger partial charge in [-0.1, -0.05) is 55.5 Å². The standard InChI is InChI=1S/C28H29N5O2S/c1-20-14-16-33(17-15-20)25-18-26(35-22-10-6-3-7-11-22)31-27(30-25)32-28(36)29-19-23-12-13-24(34-23)21-8-4-2-5-9-21/h2-13,18,20H,14-17,19H2,1H3,(H2,29,30,31,32,36). The molecule has 0 saturated carbocycles. The number of thiocarbonyl (C=S) groups is 1. The third kappa shape index (κ3) is 6.20. The summed E-state index contributed by atoms with van der Waals surface area (Å²) in [5.74, 6) is 4.72. The van der Waals surface area contributed by atoms with Crippen molar-refractivity contribution >= 4 is 29.1 Å². The van der Waals surface area contributed by atoms with Crippen molar-refractivity contribution in [1.82, 2.24) is 15.3 Å². The molecule has 0 aliphatic carbocycles. The van der Waals surface area contributed by atoms with Gasteiger partial charge in [-0.05, 0) is 55.2 Å². The van der Waals surface area contributed by atoms with E-state index >= 15 is 0 Å². The second-order valence-corrected chi connectivity index (χ2v) is 9.32.